The fourth-order valence-electron chi connectivity index (χ4n) is 1.96. The molecule has 0 saturated carbocycles. The number of halogens is 6. The molecule has 3 rings (SSSR count). The number of hydrogen-bond donors (Lipinski definition) is 1. The van der Waals surface area contributed by atoms with E-state index in [0.717, 1.165) is 0 Å². The van der Waals surface area contributed by atoms with Gasteiger partial charge in [-0.15, -0.1) is 0 Å². The summed E-state index contributed by atoms with van der Waals surface area (Å²) < 4.78 is 38.0. The molecule has 0 atom stereocenters. The minimum atomic E-state index is -4.60. The smallest absolute Gasteiger partial charge is 0.333 e. The summed E-state index contributed by atoms with van der Waals surface area (Å²) in [6.45, 7) is 0. The van der Waals surface area contributed by atoms with Crippen molar-refractivity contribution in [1.82, 2.24) is 15.0 Å². The second kappa shape index (κ2) is 5.30. The Hall–Kier alpha value is -1.50. The van der Waals surface area contributed by atoms with E-state index in [-0.39, 0.29) is 21.3 Å². The van der Waals surface area contributed by atoms with E-state index >= 15 is 0 Å². The van der Waals surface area contributed by atoms with Crippen molar-refractivity contribution >= 4 is 46.0 Å². The maximum Gasteiger partial charge on any atom is 0.449 e. The van der Waals surface area contributed by atoms with E-state index in [1.165, 1.54) is 6.07 Å². The van der Waals surface area contributed by atoms with E-state index in [4.69, 9.17) is 34.8 Å². The van der Waals surface area contributed by atoms with Gasteiger partial charge in [-0.2, -0.15) is 13.2 Å². The number of rotatable bonds is 1. The molecule has 0 aliphatic carbocycles. The molecule has 1 N–H and O–H groups in total. The van der Waals surface area contributed by atoms with Gasteiger partial charge in [-0.25, -0.2) is 9.97 Å². The highest BCUT2D eigenvalue weighted by Crippen LogP contribution is 2.38. The predicted octanol–water partition coefficient (Wildman–Crippen LogP) is 5.60. The Kier molecular flexibility index (Phi) is 3.71. The minimum absolute atomic E-state index is 0.0168. The van der Waals surface area contributed by atoms with Crippen LogP contribution >= 0.6 is 34.8 Å². The fraction of sp³-hybridized carbons (Fsp3) is 0.0769. The monoisotopic (exact) mass is 365 g/mol. The van der Waals surface area contributed by atoms with Gasteiger partial charge in [0.25, 0.3) is 0 Å². The van der Waals surface area contributed by atoms with Crippen molar-refractivity contribution in [3.63, 3.8) is 0 Å². The molecule has 0 amide bonds. The van der Waals surface area contributed by atoms with Crippen LogP contribution in [0.2, 0.25) is 15.2 Å². The molecular weight excluding hydrogens is 362 g/mol. The average molecular weight is 367 g/mol. The number of alkyl halides is 3. The Morgan fingerprint density at radius 3 is 2.41 bits per heavy atom. The summed E-state index contributed by atoms with van der Waals surface area (Å²) in [4.78, 5) is 9.44. The van der Waals surface area contributed by atoms with Crippen molar-refractivity contribution in [2.45, 2.75) is 6.18 Å². The first-order valence-corrected chi connectivity index (χ1v) is 6.98. The molecule has 0 aliphatic heterocycles. The number of nitrogens with one attached hydrogen (secondary N) is 1. The standard InChI is InChI=1S/C13H5Cl3F3N3/c14-7-3-1-2-5(9(7)15)6-4-8-11(21-10(6)16)22-12(20-8)13(17,18)19/h1-4H,(H,20,21,22). The highest BCUT2D eigenvalue weighted by Gasteiger charge is 2.35. The molecule has 9 heteroatoms. The lowest BCUT2D eigenvalue weighted by Gasteiger charge is -2.07. The summed E-state index contributed by atoms with van der Waals surface area (Å²) in [7, 11) is 0. The van der Waals surface area contributed by atoms with Gasteiger partial charge in [0.1, 0.15) is 5.15 Å². The lowest BCUT2D eigenvalue weighted by Crippen LogP contribution is -2.06. The molecular formula is C13H5Cl3F3N3. The molecule has 114 valence electrons. The zero-order valence-corrected chi connectivity index (χ0v) is 12.7. The number of aromatic nitrogens is 3. The van der Waals surface area contributed by atoms with Crippen molar-refractivity contribution in [2.24, 2.45) is 0 Å². The van der Waals surface area contributed by atoms with Gasteiger partial charge in [0.2, 0.25) is 5.82 Å². The van der Waals surface area contributed by atoms with E-state index < -0.39 is 12.0 Å². The van der Waals surface area contributed by atoms with E-state index in [1.807, 2.05) is 0 Å². The van der Waals surface area contributed by atoms with Crippen LogP contribution in [0.1, 0.15) is 5.82 Å². The summed E-state index contributed by atoms with van der Waals surface area (Å²) >= 11 is 18.1. The molecule has 22 heavy (non-hydrogen) atoms. The van der Waals surface area contributed by atoms with Gasteiger partial charge in [-0.05, 0) is 12.1 Å². The van der Waals surface area contributed by atoms with Crippen molar-refractivity contribution in [3.8, 4) is 11.1 Å². The molecule has 0 spiro atoms. The lowest BCUT2D eigenvalue weighted by molar-refractivity contribution is -0.144. The van der Waals surface area contributed by atoms with Gasteiger partial charge < -0.3 is 4.98 Å². The molecule has 0 saturated heterocycles. The predicted molar refractivity (Wildman–Crippen MR) is 79.4 cm³/mol. The van der Waals surface area contributed by atoms with Crippen molar-refractivity contribution in [2.75, 3.05) is 0 Å². The Labute approximate surface area is 137 Å². The van der Waals surface area contributed by atoms with Gasteiger partial charge in [0, 0.05) is 11.1 Å². The van der Waals surface area contributed by atoms with Crippen LogP contribution in [0.5, 0.6) is 0 Å². The number of aromatic amines is 1. The van der Waals surface area contributed by atoms with Crippen molar-refractivity contribution in [1.29, 1.82) is 0 Å². The van der Waals surface area contributed by atoms with Crippen LogP contribution in [0.15, 0.2) is 24.3 Å². The van der Waals surface area contributed by atoms with Crippen molar-refractivity contribution < 1.29 is 13.2 Å². The summed E-state index contributed by atoms with van der Waals surface area (Å²) in [5, 5.41) is 0.524. The number of H-pyrrole nitrogens is 1. The number of benzene rings is 1. The molecule has 3 nitrogen and oxygen atoms in total. The molecule has 3 aromatic rings. The second-order valence-corrected chi connectivity index (χ2v) is 5.53. The number of nitrogens with zero attached hydrogens (tertiary/aromatic N) is 2. The quantitative estimate of drug-likeness (QED) is 0.569. The highest BCUT2D eigenvalue weighted by atomic mass is 35.5. The Morgan fingerprint density at radius 2 is 1.73 bits per heavy atom. The Bertz CT molecular complexity index is 874. The van der Waals surface area contributed by atoms with Crippen LogP contribution in [0.4, 0.5) is 13.2 Å². The molecule has 2 heterocycles. The van der Waals surface area contributed by atoms with Crippen LogP contribution in [0.3, 0.4) is 0 Å². The van der Waals surface area contributed by atoms with Crippen LogP contribution < -0.4 is 0 Å². The summed E-state index contributed by atoms with van der Waals surface area (Å²) in [5.41, 5.74) is 0.803. The van der Waals surface area contributed by atoms with E-state index in [2.05, 4.69) is 15.0 Å². The van der Waals surface area contributed by atoms with Crippen LogP contribution in [0, 0.1) is 0 Å². The lowest BCUT2D eigenvalue weighted by atomic mass is 10.1. The molecule has 2 aromatic heterocycles. The zero-order valence-electron chi connectivity index (χ0n) is 10.5. The van der Waals surface area contributed by atoms with Crippen LogP contribution in [0.25, 0.3) is 22.3 Å². The second-order valence-electron chi connectivity index (χ2n) is 4.38. The first kappa shape index (κ1) is 15.4. The average Bonchev–Trinajstić information content (AvgIpc) is 2.84. The third-order valence-corrected chi connectivity index (χ3v) is 4.04. The number of pyridine rings is 1. The maximum absolute atomic E-state index is 12.7. The van der Waals surface area contributed by atoms with Gasteiger partial charge in [0.15, 0.2) is 5.65 Å². The zero-order chi connectivity index (χ0) is 16.1. The van der Waals surface area contributed by atoms with Crippen molar-refractivity contribution in [3.05, 3.63) is 45.3 Å². The summed E-state index contributed by atoms with van der Waals surface area (Å²) in [6.07, 6.45) is -4.60. The maximum atomic E-state index is 12.7. The van der Waals surface area contributed by atoms with Crippen LogP contribution in [-0.4, -0.2) is 15.0 Å². The van der Waals surface area contributed by atoms with E-state index in [0.29, 0.717) is 16.1 Å². The minimum Gasteiger partial charge on any atom is -0.333 e. The van der Waals surface area contributed by atoms with Gasteiger partial charge in [-0.1, -0.05) is 46.9 Å². The molecule has 0 aliphatic rings. The van der Waals surface area contributed by atoms with E-state index in [1.54, 1.807) is 18.2 Å². The van der Waals surface area contributed by atoms with Gasteiger partial charge in [-0.3, -0.25) is 0 Å². The molecule has 0 unspecified atom stereocenters. The fourth-order valence-corrected chi connectivity index (χ4v) is 2.59. The molecule has 1 aromatic carbocycles. The number of hydrogen-bond acceptors (Lipinski definition) is 2. The first-order valence-electron chi connectivity index (χ1n) is 5.85. The van der Waals surface area contributed by atoms with Crippen LogP contribution in [-0.2, 0) is 6.18 Å². The summed E-state index contributed by atoms with van der Waals surface area (Å²) in [5.74, 6) is -1.14. The third-order valence-electron chi connectivity index (χ3n) is 2.94. The third kappa shape index (κ3) is 2.62. The summed E-state index contributed by atoms with van der Waals surface area (Å²) in [6, 6.07) is 6.29. The molecule has 0 radical (unpaired) electrons. The number of fused-ring (bicyclic) bond motifs is 1. The topological polar surface area (TPSA) is 41.6 Å². The first-order chi connectivity index (χ1) is 10.3. The Balaban J connectivity index is 2.23. The van der Waals surface area contributed by atoms with Gasteiger partial charge >= 0.3 is 6.18 Å². The normalized spacial score (nSPS) is 12.1. The van der Waals surface area contributed by atoms with E-state index in [9.17, 15) is 13.2 Å². The highest BCUT2D eigenvalue weighted by molar-refractivity contribution is 6.44. The SMILES string of the molecule is FC(F)(F)c1nc2nc(Cl)c(-c3cccc(Cl)c3Cl)cc2[nH]1. The molecule has 0 bridgehead atoms. The number of imidazole rings is 1. The Morgan fingerprint density at radius 1 is 1.00 bits per heavy atom. The van der Waals surface area contributed by atoms with Gasteiger partial charge in [0.05, 0.1) is 15.6 Å². The largest absolute Gasteiger partial charge is 0.449 e. The molecule has 0 fully saturated rings.